The first kappa shape index (κ1) is 23.6. The van der Waals surface area contributed by atoms with Gasteiger partial charge in [-0.2, -0.15) is 0 Å². The van der Waals surface area contributed by atoms with Crippen molar-refractivity contribution in [1.29, 1.82) is 0 Å². The van der Waals surface area contributed by atoms with Gasteiger partial charge >= 0.3 is 0 Å². The lowest BCUT2D eigenvalue weighted by Gasteiger charge is -2.10. The van der Waals surface area contributed by atoms with Gasteiger partial charge in [0, 0.05) is 43.7 Å². The van der Waals surface area contributed by atoms with Crippen molar-refractivity contribution in [2.45, 2.75) is 0 Å². The molecule has 3 heterocycles. The van der Waals surface area contributed by atoms with Gasteiger partial charge in [0.15, 0.2) is 17.5 Å². The Labute approximate surface area is 240 Å². The number of hydrogen-bond acceptors (Lipinski definition) is 5. The molecular weight excluding hydrogens is 520 g/mol. The van der Waals surface area contributed by atoms with Gasteiger partial charge in [0.25, 0.3) is 0 Å². The number of nitrogens with zero attached hydrogens (tertiary/aromatic N) is 4. The number of thiophene rings is 1. The summed E-state index contributed by atoms with van der Waals surface area (Å²) in [5.41, 5.74) is 5.08. The number of hydrogen-bond donors (Lipinski definition) is 0. The third-order valence-electron chi connectivity index (χ3n) is 7.37. The molecule has 8 aromatic rings. The van der Waals surface area contributed by atoms with Gasteiger partial charge in [0.1, 0.15) is 4.83 Å². The van der Waals surface area contributed by atoms with E-state index in [0.29, 0.717) is 17.5 Å². The average Bonchev–Trinajstić information content (AvgIpc) is 3.44. The van der Waals surface area contributed by atoms with Crippen molar-refractivity contribution in [3.8, 4) is 45.3 Å². The second kappa shape index (κ2) is 9.73. The number of pyridine rings is 1. The monoisotopic (exact) mass is 542 g/mol. The van der Waals surface area contributed by atoms with Gasteiger partial charge in [-0.1, -0.05) is 109 Å². The van der Waals surface area contributed by atoms with Gasteiger partial charge in [-0.05, 0) is 34.7 Å². The lowest BCUT2D eigenvalue weighted by Crippen LogP contribution is -2.00. The first-order chi connectivity index (χ1) is 20.3. The zero-order valence-corrected chi connectivity index (χ0v) is 22.7. The molecule has 8 rings (SSSR count). The van der Waals surface area contributed by atoms with Crippen LogP contribution in [0.5, 0.6) is 0 Å². The summed E-state index contributed by atoms with van der Waals surface area (Å²) in [5, 5.41) is 4.85. The van der Waals surface area contributed by atoms with Gasteiger partial charge in [-0.3, -0.25) is 0 Å². The van der Waals surface area contributed by atoms with Crippen LogP contribution in [0, 0.1) is 0 Å². The second-order valence-corrected chi connectivity index (χ2v) is 11.0. The SMILES string of the molecule is c1ccc(-c2nc(-c3ccccc3)nc(-c3cccc(-c4ccc5c(cnc6sc7ccccc7c65)c4)c3)n2)cc1. The summed E-state index contributed by atoms with van der Waals surface area (Å²) in [6, 6.07) is 43.7. The maximum Gasteiger partial charge on any atom is 0.164 e. The molecule has 0 aliphatic carbocycles. The predicted molar refractivity (Wildman–Crippen MR) is 170 cm³/mol. The molecule has 192 valence electrons. The Balaban J connectivity index is 1.25. The van der Waals surface area contributed by atoms with Gasteiger partial charge in [0.05, 0.1) is 0 Å². The van der Waals surface area contributed by atoms with Crippen molar-refractivity contribution in [2.75, 3.05) is 0 Å². The maximum absolute atomic E-state index is 4.91. The van der Waals surface area contributed by atoms with Crippen molar-refractivity contribution in [2.24, 2.45) is 0 Å². The van der Waals surface area contributed by atoms with Gasteiger partial charge in [-0.15, -0.1) is 11.3 Å². The van der Waals surface area contributed by atoms with E-state index >= 15 is 0 Å². The van der Waals surface area contributed by atoms with Crippen LogP contribution in [0.25, 0.3) is 76.4 Å². The molecule has 0 aliphatic rings. The third-order valence-corrected chi connectivity index (χ3v) is 8.45. The van der Waals surface area contributed by atoms with E-state index in [0.717, 1.165) is 38.0 Å². The highest BCUT2D eigenvalue weighted by Crippen LogP contribution is 2.38. The molecule has 0 amide bonds. The van der Waals surface area contributed by atoms with Crippen LogP contribution in [0.3, 0.4) is 0 Å². The summed E-state index contributed by atoms with van der Waals surface area (Å²) in [7, 11) is 0. The fraction of sp³-hybridized carbons (Fsp3) is 0. The molecule has 0 unspecified atom stereocenters. The topological polar surface area (TPSA) is 51.6 Å². The third kappa shape index (κ3) is 4.24. The highest BCUT2D eigenvalue weighted by atomic mass is 32.1. The van der Waals surface area contributed by atoms with E-state index in [4.69, 9.17) is 19.9 Å². The van der Waals surface area contributed by atoms with E-state index in [-0.39, 0.29) is 0 Å². The van der Waals surface area contributed by atoms with Crippen LogP contribution in [-0.4, -0.2) is 19.9 Å². The van der Waals surface area contributed by atoms with Crippen molar-refractivity contribution >= 4 is 42.4 Å². The van der Waals surface area contributed by atoms with E-state index in [1.807, 2.05) is 66.9 Å². The molecule has 41 heavy (non-hydrogen) atoms. The molecule has 0 spiro atoms. The number of benzene rings is 5. The molecule has 0 saturated heterocycles. The minimum absolute atomic E-state index is 0.647. The normalized spacial score (nSPS) is 11.4. The first-order valence-electron chi connectivity index (χ1n) is 13.5. The molecule has 5 aromatic carbocycles. The quantitative estimate of drug-likeness (QED) is 0.222. The van der Waals surface area contributed by atoms with E-state index < -0.39 is 0 Å². The summed E-state index contributed by atoms with van der Waals surface area (Å²) in [4.78, 5) is 20.5. The van der Waals surface area contributed by atoms with Gasteiger partial charge in [-0.25, -0.2) is 19.9 Å². The molecule has 0 radical (unpaired) electrons. The summed E-state index contributed by atoms with van der Waals surface area (Å²) in [6.07, 6.45) is 1.99. The van der Waals surface area contributed by atoms with Crippen LogP contribution >= 0.6 is 11.3 Å². The highest BCUT2D eigenvalue weighted by molar-refractivity contribution is 7.25. The summed E-state index contributed by atoms with van der Waals surface area (Å²) in [5.74, 6) is 1.96. The molecule has 0 aliphatic heterocycles. The minimum Gasteiger partial charge on any atom is -0.245 e. The molecule has 0 fully saturated rings. The molecule has 3 aromatic heterocycles. The molecule has 0 atom stereocenters. The lowest BCUT2D eigenvalue weighted by molar-refractivity contribution is 1.07. The van der Waals surface area contributed by atoms with Gasteiger partial charge < -0.3 is 0 Å². The van der Waals surface area contributed by atoms with Crippen LogP contribution in [-0.2, 0) is 0 Å². The molecular formula is C36H22N4S. The highest BCUT2D eigenvalue weighted by Gasteiger charge is 2.14. The van der Waals surface area contributed by atoms with Crippen LogP contribution in [0.1, 0.15) is 0 Å². The number of aromatic nitrogens is 4. The Morgan fingerprint density at radius 1 is 0.439 bits per heavy atom. The predicted octanol–water partition coefficient (Wildman–Crippen LogP) is 9.46. The van der Waals surface area contributed by atoms with Crippen LogP contribution in [0.4, 0.5) is 0 Å². The fourth-order valence-electron chi connectivity index (χ4n) is 5.36. The van der Waals surface area contributed by atoms with Crippen molar-refractivity contribution in [3.05, 3.63) is 134 Å². The Bertz CT molecular complexity index is 2150. The number of fused-ring (bicyclic) bond motifs is 5. The Morgan fingerprint density at radius 2 is 1.02 bits per heavy atom. The van der Waals surface area contributed by atoms with E-state index in [1.165, 1.54) is 20.9 Å². The largest absolute Gasteiger partial charge is 0.245 e. The molecule has 0 bridgehead atoms. The average molecular weight is 543 g/mol. The molecule has 5 heteroatoms. The summed E-state index contributed by atoms with van der Waals surface area (Å²) < 4.78 is 1.27. The smallest absolute Gasteiger partial charge is 0.164 e. The maximum atomic E-state index is 4.91. The zero-order chi connectivity index (χ0) is 27.2. The van der Waals surface area contributed by atoms with E-state index in [1.54, 1.807) is 11.3 Å². The number of rotatable bonds is 4. The first-order valence-corrected chi connectivity index (χ1v) is 14.3. The molecule has 0 N–H and O–H groups in total. The van der Waals surface area contributed by atoms with Crippen LogP contribution < -0.4 is 0 Å². The summed E-state index contributed by atoms with van der Waals surface area (Å²) in [6.45, 7) is 0. The fourth-order valence-corrected chi connectivity index (χ4v) is 6.43. The van der Waals surface area contributed by atoms with Crippen LogP contribution in [0.2, 0.25) is 0 Å². The van der Waals surface area contributed by atoms with Crippen molar-refractivity contribution in [3.63, 3.8) is 0 Å². The Morgan fingerprint density at radius 3 is 1.76 bits per heavy atom. The van der Waals surface area contributed by atoms with Gasteiger partial charge in [0.2, 0.25) is 0 Å². The minimum atomic E-state index is 0.647. The molecule has 4 nitrogen and oxygen atoms in total. The Hall–Kier alpha value is -5.26. The summed E-state index contributed by atoms with van der Waals surface area (Å²) >= 11 is 1.75. The second-order valence-electron chi connectivity index (χ2n) is 9.96. The molecule has 0 saturated carbocycles. The van der Waals surface area contributed by atoms with Crippen LogP contribution in [0.15, 0.2) is 134 Å². The zero-order valence-electron chi connectivity index (χ0n) is 21.9. The van der Waals surface area contributed by atoms with Crippen molar-refractivity contribution < 1.29 is 0 Å². The van der Waals surface area contributed by atoms with E-state index in [9.17, 15) is 0 Å². The Kier molecular flexibility index (Phi) is 5.61. The van der Waals surface area contributed by atoms with E-state index in [2.05, 4.69) is 66.7 Å². The standard InChI is InChI=1S/C36H22N4S/c1-3-10-23(11-4-1)33-38-34(24-12-5-2-6-13-24)40-35(39-33)27-15-9-14-25(20-27)26-18-19-29-28(21-26)22-37-36-32(29)30-16-7-8-17-31(30)41-36/h1-22H. The van der Waals surface area contributed by atoms with Crippen molar-refractivity contribution in [1.82, 2.24) is 19.9 Å². The lowest BCUT2D eigenvalue weighted by atomic mass is 9.98.